The third-order valence-electron chi connectivity index (χ3n) is 15.7. The summed E-state index contributed by atoms with van der Waals surface area (Å²) in [5.41, 5.74) is 25.0. The Morgan fingerprint density at radius 2 is 0.343 bits per heavy atom. The molecule has 0 bridgehead atoms. The van der Waals surface area contributed by atoms with Gasteiger partial charge in [-0.15, -0.1) is 0 Å². The number of carbonyl (C=O) groups is 6. The third-order valence-corrected chi connectivity index (χ3v) is 15.7. The smallest absolute Gasteiger partial charge is 0.427 e. The number of nitrogens with one attached hydrogen (secondary N) is 6. The van der Waals surface area contributed by atoms with Crippen LogP contribution in [-0.4, -0.2) is 110 Å². The van der Waals surface area contributed by atoms with E-state index in [0.717, 1.165) is 0 Å². The van der Waals surface area contributed by atoms with Gasteiger partial charge in [0, 0.05) is 33.4 Å². The first kappa shape index (κ1) is 82.3. The van der Waals surface area contributed by atoms with Crippen molar-refractivity contribution in [3.05, 3.63) is 212 Å². The van der Waals surface area contributed by atoms with E-state index in [9.17, 15) is 28.8 Å². The van der Waals surface area contributed by atoms with Crippen LogP contribution < -0.4 is 61.0 Å². The molecule has 6 amide bonds. The topological polar surface area (TPSA) is 360 Å². The number of amides is 6. The number of rotatable bonds is 36. The van der Waals surface area contributed by atoms with Crippen LogP contribution in [0, 0.1) is 0 Å². The van der Waals surface area contributed by atoms with Crippen LogP contribution in [0.1, 0.15) is 150 Å². The molecule has 570 valence electrons. The van der Waals surface area contributed by atoms with E-state index in [4.69, 9.17) is 56.8 Å². The summed E-state index contributed by atoms with van der Waals surface area (Å²) < 4.78 is 71.4. The zero-order valence-corrected chi connectivity index (χ0v) is 62.4. The molecule has 0 aliphatic carbocycles. The summed E-state index contributed by atoms with van der Waals surface area (Å²) in [6.07, 6.45) is -4.22. The van der Waals surface area contributed by atoms with Gasteiger partial charge in [-0.3, -0.25) is 0 Å². The lowest BCUT2D eigenvalue weighted by Crippen LogP contribution is -2.21. The lowest BCUT2D eigenvalue weighted by Gasteiger charge is -2.28. The fraction of sp³-hybridized carbons (Fsp3) is 0.308. The summed E-state index contributed by atoms with van der Waals surface area (Å²) in [5, 5.41) is 25.3. The molecule has 0 saturated carbocycles. The van der Waals surface area contributed by atoms with Crippen molar-refractivity contribution in [2.45, 2.75) is 123 Å². The molecule has 0 radical (unpaired) electrons. The second-order valence-electron chi connectivity index (χ2n) is 22.9. The summed E-state index contributed by atoms with van der Waals surface area (Å²) in [7, 11) is 0. The SMILES string of the molecule is CCOC(=O)N/N=C(\C)c1ccc(OCc2c(COc3ccc(/C(C)=N/NC(=O)OCC)cc3)c(COc3ccc(/C(C)=N/NC(=O)OCC)cc3)c(COc3ccc(/C(C)=N/NC(=O)OCC)cc3)c(COc3ccc(/C(C)=N/NC(=O)OCC)cc3)c2COc2ccc(/C(C)=N/NC(=O)OCC)cc2)cc1. The highest BCUT2D eigenvalue weighted by atomic mass is 16.6. The summed E-state index contributed by atoms with van der Waals surface area (Å²) in [6, 6.07) is 42.8. The molecule has 0 saturated heterocycles. The predicted molar refractivity (Wildman–Crippen MR) is 405 cm³/mol. The molecule has 6 N–H and O–H groups in total. The highest BCUT2D eigenvalue weighted by Crippen LogP contribution is 2.36. The van der Waals surface area contributed by atoms with Gasteiger partial charge in [0.2, 0.25) is 0 Å². The van der Waals surface area contributed by atoms with Gasteiger partial charge in [-0.05, 0) is 262 Å². The summed E-state index contributed by atoms with van der Waals surface area (Å²) in [5.74, 6) is 2.64. The molecule has 0 heterocycles. The lowest BCUT2D eigenvalue weighted by atomic mass is 9.87. The first-order chi connectivity index (χ1) is 52.2. The van der Waals surface area contributed by atoms with Crippen LogP contribution in [0.25, 0.3) is 0 Å². The van der Waals surface area contributed by atoms with Crippen LogP contribution in [0.4, 0.5) is 28.8 Å². The third kappa shape index (κ3) is 26.3. The standard InChI is InChI=1S/C78H90N12O18/c1-13-97-73(91)85-79-49(7)55-19-31-61(32-20-55)103-43-67-68(44-104-62-33-21-56(22-34-62)50(8)80-86-74(92)98-14-2)70(46-106-64-37-25-58(26-38-64)52(10)82-88-76(94)100-16-4)72(48-108-66-41-29-60(30-42-66)54(12)84-90-78(96)102-18-6)71(47-107-65-39-27-59(28-40-65)53(11)83-89-77(95)101-17-5)69(67)45-105-63-35-23-57(24-36-63)51(9)81-87-75(93)99-15-3/h19-42H,13-18,43-48H2,1-12H3,(H,85,91)(H,86,92)(H,87,93)(H,88,94)(H,89,95)(H,90,96)/b79-49+,80-50+,81-51+,82-52+,83-53+,84-54+. The molecule has 108 heavy (non-hydrogen) atoms. The van der Waals surface area contributed by atoms with Crippen molar-refractivity contribution in [1.82, 2.24) is 32.6 Å². The van der Waals surface area contributed by atoms with E-state index < -0.39 is 36.6 Å². The summed E-state index contributed by atoms with van der Waals surface area (Å²) >= 11 is 0. The molecule has 0 spiro atoms. The number of hydrazone groups is 6. The molecule has 7 aromatic rings. The highest BCUT2D eigenvalue weighted by molar-refractivity contribution is 6.02. The minimum atomic E-state index is -0.703. The molecule has 0 fully saturated rings. The van der Waals surface area contributed by atoms with Crippen LogP contribution in [0.5, 0.6) is 34.5 Å². The van der Waals surface area contributed by atoms with Gasteiger partial charge in [-0.2, -0.15) is 30.6 Å². The van der Waals surface area contributed by atoms with Crippen molar-refractivity contribution in [2.24, 2.45) is 30.6 Å². The molecule has 7 aromatic carbocycles. The van der Waals surface area contributed by atoms with Crippen molar-refractivity contribution in [2.75, 3.05) is 39.6 Å². The Morgan fingerprint density at radius 1 is 0.222 bits per heavy atom. The fourth-order valence-corrected chi connectivity index (χ4v) is 9.97. The number of benzene rings is 7. The van der Waals surface area contributed by atoms with E-state index >= 15 is 0 Å². The summed E-state index contributed by atoms with van der Waals surface area (Å²) in [6.45, 7) is 20.8. The minimum absolute atomic E-state index is 0.132. The molecule has 0 atom stereocenters. The normalized spacial score (nSPS) is 11.8. The van der Waals surface area contributed by atoms with Crippen LogP contribution in [-0.2, 0) is 68.1 Å². The van der Waals surface area contributed by atoms with Crippen molar-refractivity contribution < 1.29 is 85.6 Å². The highest BCUT2D eigenvalue weighted by Gasteiger charge is 2.28. The Morgan fingerprint density at radius 3 is 0.454 bits per heavy atom. The number of carbonyl (C=O) groups excluding carboxylic acids is 6. The Bertz CT molecular complexity index is 3620. The maximum absolute atomic E-state index is 12.2. The zero-order chi connectivity index (χ0) is 77.7. The second kappa shape index (κ2) is 43.3. The van der Waals surface area contributed by atoms with Gasteiger partial charge in [0.25, 0.3) is 0 Å². The number of hydrogen-bond acceptors (Lipinski definition) is 24. The van der Waals surface area contributed by atoms with Crippen LogP contribution in [0.2, 0.25) is 0 Å². The molecule has 30 heteroatoms. The van der Waals surface area contributed by atoms with Gasteiger partial charge in [-0.1, -0.05) is 0 Å². The molecular formula is C78H90N12O18. The Hall–Kier alpha value is -13.0. The second-order valence-corrected chi connectivity index (χ2v) is 22.9. The largest absolute Gasteiger partial charge is 0.489 e. The van der Waals surface area contributed by atoms with Gasteiger partial charge in [0.1, 0.15) is 74.1 Å². The molecule has 0 aliphatic rings. The average molecular weight is 1480 g/mol. The van der Waals surface area contributed by atoms with Gasteiger partial charge in [-0.25, -0.2) is 61.3 Å². The number of nitrogens with zero attached hydrogens (tertiary/aromatic N) is 6. The van der Waals surface area contributed by atoms with Crippen LogP contribution in [0.3, 0.4) is 0 Å². The van der Waals surface area contributed by atoms with Gasteiger partial charge < -0.3 is 56.8 Å². The maximum atomic E-state index is 12.2. The first-order valence-corrected chi connectivity index (χ1v) is 34.6. The predicted octanol–water partition coefficient (Wildman–Crippen LogP) is 14.0. The van der Waals surface area contributed by atoms with Gasteiger partial charge in [0.05, 0.1) is 73.9 Å². The van der Waals surface area contributed by atoms with E-state index in [2.05, 4.69) is 63.2 Å². The molecule has 0 aromatic heterocycles. The average Bonchev–Trinajstić information content (AvgIpc) is 0.761. The van der Waals surface area contributed by atoms with E-state index in [0.29, 0.717) is 136 Å². The Labute approximate surface area is 626 Å². The van der Waals surface area contributed by atoms with E-state index in [1.807, 2.05) is 0 Å². The van der Waals surface area contributed by atoms with E-state index in [1.165, 1.54) is 0 Å². The Kier molecular flexibility index (Phi) is 33.0. The molecule has 0 aliphatic heterocycles. The van der Waals surface area contributed by atoms with Crippen molar-refractivity contribution >= 4 is 70.8 Å². The molecular weight excluding hydrogens is 1390 g/mol. The molecule has 0 unspecified atom stereocenters. The zero-order valence-electron chi connectivity index (χ0n) is 62.4. The van der Waals surface area contributed by atoms with Crippen LogP contribution >= 0.6 is 0 Å². The minimum Gasteiger partial charge on any atom is -0.489 e. The number of hydrogen-bond donors (Lipinski definition) is 6. The Balaban J connectivity index is 1.48. The monoisotopic (exact) mass is 1480 g/mol. The first-order valence-electron chi connectivity index (χ1n) is 34.6. The molecule has 7 rings (SSSR count). The lowest BCUT2D eigenvalue weighted by molar-refractivity contribution is 0.151. The quantitative estimate of drug-likeness (QED) is 0.0121. The van der Waals surface area contributed by atoms with Crippen molar-refractivity contribution in [3.8, 4) is 34.5 Å². The maximum Gasteiger partial charge on any atom is 0.427 e. The van der Waals surface area contributed by atoms with Gasteiger partial charge in [0.15, 0.2) is 0 Å². The summed E-state index contributed by atoms with van der Waals surface area (Å²) in [4.78, 5) is 73.3. The van der Waals surface area contributed by atoms with E-state index in [-0.39, 0.29) is 79.3 Å². The van der Waals surface area contributed by atoms with Crippen molar-refractivity contribution in [3.63, 3.8) is 0 Å². The fourth-order valence-electron chi connectivity index (χ4n) is 9.97. The van der Waals surface area contributed by atoms with Crippen molar-refractivity contribution in [1.29, 1.82) is 0 Å². The van der Waals surface area contributed by atoms with Crippen LogP contribution in [0.15, 0.2) is 176 Å². The van der Waals surface area contributed by atoms with Gasteiger partial charge >= 0.3 is 36.6 Å². The number of ether oxygens (including phenoxy) is 12. The van der Waals surface area contributed by atoms with E-state index in [1.54, 1.807) is 229 Å². The molecule has 30 nitrogen and oxygen atoms in total.